The molecule has 0 spiro atoms. The molecule has 0 aliphatic carbocycles. The Morgan fingerprint density at radius 2 is 1.93 bits per heavy atom. The summed E-state index contributed by atoms with van der Waals surface area (Å²) in [6.07, 6.45) is 1.67. The van der Waals surface area contributed by atoms with Gasteiger partial charge in [0.1, 0.15) is 5.75 Å². The Kier molecular flexibility index (Phi) is 6.31. The molecule has 0 atom stereocenters. The van der Waals surface area contributed by atoms with Gasteiger partial charge in [0, 0.05) is 32.7 Å². The highest BCUT2D eigenvalue weighted by Crippen LogP contribution is 2.22. The first kappa shape index (κ1) is 19.9. The van der Waals surface area contributed by atoms with Crippen molar-refractivity contribution in [1.29, 1.82) is 0 Å². The number of nitrogens with one attached hydrogen (secondary N) is 1. The van der Waals surface area contributed by atoms with E-state index < -0.39 is 0 Å². The maximum atomic E-state index is 12.2. The van der Waals surface area contributed by atoms with Gasteiger partial charge in [-0.05, 0) is 69.3 Å². The van der Waals surface area contributed by atoms with Gasteiger partial charge in [-0.15, -0.1) is 0 Å². The Bertz CT molecular complexity index is 1010. The molecule has 28 heavy (non-hydrogen) atoms. The maximum Gasteiger partial charge on any atom is 0.271 e. The van der Waals surface area contributed by atoms with Gasteiger partial charge in [0.05, 0.1) is 12.8 Å². The van der Waals surface area contributed by atoms with E-state index in [1.54, 1.807) is 30.5 Å². The van der Waals surface area contributed by atoms with Crippen molar-refractivity contribution in [2.75, 3.05) is 6.61 Å². The Hall–Kier alpha value is -2.86. The van der Waals surface area contributed by atoms with Gasteiger partial charge in [0.2, 0.25) is 0 Å². The molecule has 144 valence electrons. The van der Waals surface area contributed by atoms with Crippen molar-refractivity contribution >= 4 is 28.1 Å². The summed E-state index contributed by atoms with van der Waals surface area (Å²) in [5, 5.41) is 4.12. The predicted octanol–water partition coefficient (Wildman–Crippen LogP) is 5.02. The fraction of sp³-hybridized carbons (Fsp3) is 0.182. The Morgan fingerprint density at radius 3 is 2.61 bits per heavy atom. The molecule has 6 heteroatoms. The summed E-state index contributed by atoms with van der Waals surface area (Å²) >= 11 is 3.51. The fourth-order valence-corrected chi connectivity index (χ4v) is 3.41. The summed E-state index contributed by atoms with van der Waals surface area (Å²) < 4.78 is 8.56. The summed E-state index contributed by atoms with van der Waals surface area (Å²) in [5.74, 6) is 0.475. The van der Waals surface area contributed by atoms with Crippen LogP contribution in [0.15, 0.2) is 64.2 Å². The van der Waals surface area contributed by atoms with E-state index in [2.05, 4.69) is 43.2 Å². The van der Waals surface area contributed by atoms with Crippen molar-refractivity contribution in [3.8, 4) is 11.4 Å². The number of hydrogen-bond donors (Lipinski definition) is 1. The van der Waals surface area contributed by atoms with Crippen LogP contribution in [0.2, 0.25) is 0 Å². The molecule has 1 heterocycles. The molecular formula is C22H22BrN3O2. The zero-order valence-electron chi connectivity index (χ0n) is 16.1. The lowest BCUT2D eigenvalue weighted by atomic mass is 10.2. The molecule has 0 bridgehead atoms. The average molecular weight is 440 g/mol. The normalized spacial score (nSPS) is 11.0. The minimum absolute atomic E-state index is 0.264. The number of amides is 1. The van der Waals surface area contributed by atoms with E-state index in [1.807, 2.05) is 39.0 Å². The highest BCUT2D eigenvalue weighted by molar-refractivity contribution is 9.10. The number of halogens is 1. The quantitative estimate of drug-likeness (QED) is 0.432. The average Bonchev–Trinajstić information content (AvgIpc) is 2.96. The van der Waals surface area contributed by atoms with Crippen molar-refractivity contribution in [3.63, 3.8) is 0 Å². The maximum absolute atomic E-state index is 12.2. The topological polar surface area (TPSA) is 55.6 Å². The van der Waals surface area contributed by atoms with E-state index in [-0.39, 0.29) is 5.91 Å². The van der Waals surface area contributed by atoms with E-state index in [1.165, 1.54) is 0 Å². The lowest BCUT2D eigenvalue weighted by Crippen LogP contribution is -2.17. The summed E-state index contributed by atoms with van der Waals surface area (Å²) in [6.45, 7) is 6.59. The van der Waals surface area contributed by atoms with E-state index in [0.29, 0.717) is 12.2 Å². The molecule has 5 nitrogen and oxygen atoms in total. The molecule has 3 aromatic rings. The summed E-state index contributed by atoms with van der Waals surface area (Å²) in [7, 11) is 0. The SMILES string of the molecule is CCOc1ccc(C(=O)N/N=C/c2cc(C)n(-c3cccc(Br)c3)c2C)cc1. The molecule has 1 N–H and O–H groups in total. The second-order valence-electron chi connectivity index (χ2n) is 6.30. The second-order valence-corrected chi connectivity index (χ2v) is 7.21. The van der Waals surface area contributed by atoms with Crippen LogP contribution in [0.1, 0.15) is 34.2 Å². The molecule has 0 aliphatic rings. The number of hydrogen-bond acceptors (Lipinski definition) is 3. The van der Waals surface area contributed by atoms with Gasteiger partial charge in [0.15, 0.2) is 0 Å². The van der Waals surface area contributed by atoms with E-state index in [4.69, 9.17) is 4.74 Å². The van der Waals surface area contributed by atoms with Gasteiger partial charge in [-0.3, -0.25) is 4.79 Å². The van der Waals surface area contributed by atoms with Crippen LogP contribution >= 0.6 is 15.9 Å². The third-order valence-electron chi connectivity index (χ3n) is 4.33. The van der Waals surface area contributed by atoms with E-state index >= 15 is 0 Å². The molecule has 0 aliphatic heterocycles. The zero-order chi connectivity index (χ0) is 20.1. The number of nitrogens with zero attached hydrogens (tertiary/aromatic N) is 2. The minimum atomic E-state index is -0.264. The van der Waals surface area contributed by atoms with Gasteiger partial charge < -0.3 is 9.30 Å². The van der Waals surface area contributed by atoms with Crippen molar-refractivity contribution in [2.45, 2.75) is 20.8 Å². The first-order chi connectivity index (χ1) is 13.5. The van der Waals surface area contributed by atoms with Gasteiger partial charge in [0.25, 0.3) is 5.91 Å². The van der Waals surface area contributed by atoms with Crippen LogP contribution in [0.3, 0.4) is 0 Å². The third-order valence-corrected chi connectivity index (χ3v) is 4.83. The molecule has 0 radical (unpaired) electrons. The standard InChI is InChI=1S/C22H22BrN3O2/c1-4-28-21-10-8-17(9-11-21)22(27)25-24-14-18-12-15(2)26(16(18)3)20-7-5-6-19(23)13-20/h5-14H,4H2,1-3H3,(H,25,27)/b24-14+. The lowest BCUT2D eigenvalue weighted by molar-refractivity contribution is 0.0955. The highest BCUT2D eigenvalue weighted by Gasteiger charge is 2.10. The molecule has 0 saturated carbocycles. The fourth-order valence-electron chi connectivity index (χ4n) is 3.03. The Morgan fingerprint density at radius 1 is 1.18 bits per heavy atom. The van der Waals surface area contributed by atoms with Gasteiger partial charge in [-0.25, -0.2) is 5.43 Å². The van der Waals surface area contributed by atoms with Crippen LogP contribution in [0.4, 0.5) is 0 Å². The van der Waals surface area contributed by atoms with Crippen LogP contribution in [0, 0.1) is 13.8 Å². The number of aryl methyl sites for hydroxylation is 1. The molecule has 2 aromatic carbocycles. The molecule has 1 amide bonds. The van der Waals surface area contributed by atoms with Crippen LogP contribution in [-0.2, 0) is 0 Å². The van der Waals surface area contributed by atoms with Crippen molar-refractivity contribution in [2.24, 2.45) is 5.10 Å². The first-order valence-corrected chi connectivity index (χ1v) is 9.80. The number of carbonyl (C=O) groups excluding carboxylic acids is 1. The molecule has 0 saturated heterocycles. The van der Waals surface area contributed by atoms with Crippen molar-refractivity contribution < 1.29 is 9.53 Å². The van der Waals surface area contributed by atoms with Gasteiger partial charge in [-0.1, -0.05) is 22.0 Å². The van der Waals surface area contributed by atoms with Crippen LogP contribution in [-0.4, -0.2) is 23.3 Å². The Balaban J connectivity index is 1.72. The summed E-state index contributed by atoms with van der Waals surface area (Å²) in [4.78, 5) is 12.2. The molecule has 0 unspecified atom stereocenters. The smallest absolute Gasteiger partial charge is 0.271 e. The van der Waals surface area contributed by atoms with Crippen LogP contribution in [0.25, 0.3) is 5.69 Å². The van der Waals surface area contributed by atoms with E-state index in [0.717, 1.165) is 32.9 Å². The number of ether oxygens (including phenoxy) is 1. The number of aromatic nitrogens is 1. The number of rotatable bonds is 6. The predicted molar refractivity (Wildman–Crippen MR) is 116 cm³/mol. The lowest BCUT2D eigenvalue weighted by Gasteiger charge is -2.09. The highest BCUT2D eigenvalue weighted by atomic mass is 79.9. The number of carbonyl (C=O) groups is 1. The zero-order valence-corrected chi connectivity index (χ0v) is 17.7. The molecular weight excluding hydrogens is 418 g/mol. The van der Waals surface area contributed by atoms with Crippen LogP contribution in [0.5, 0.6) is 5.75 Å². The largest absolute Gasteiger partial charge is 0.494 e. The summed E-state index contributed by atoms with van der Waals surface area (Å²) in [6, 6.07) is 17.1. The first-order valence-electron chi connectivity index (χ1n) is 9.00. The third kappa shape index (κ3) is 4.51. The van der Waals surface area contributed by atoms with Gasteiger partial charge in [-0.2, -0.15) is 5.10 Å². The second kappa shape index (κ2) is 8.89. The Labute approximate surface area is 173 Å². The number of benzene rings is 2. The van der Waals surface area contributed by atoms with Crippen molar-refractivity contribution in [1.82, 2.24) is 9.99 Å². The van der Waals surface area contributed by atoms with E-state index in [9.17, 15) is 4.79 Å². The van der Waals surface area contributed by atoms with Crippen LogP contribution < -0.4 is 10.2 Å². The minimum Gasteiger partial charge on any atom is -0.494 e. The number of hydrazone groups is 1. The molecule has 0 fully saturated rings. The summed E-state index contributed by atoms with van der Waals surface area (Å²) in [5.41, 5.74) is 7.27. The molecule has 1 aromatic heterocycles. The van der Waals surface area contributed by atoms with Crippen molar-refractivity contribution in [3.05, 3.63) is 81.6 Å². The monoisotopic (exact) mass is 439 g/mol. The molecule has 3 rings (SSSR count). The van der Waals surface area contributed by atoms with Gasteiger partial charge >= 0.3 is 0 Å².